The fourth-order valence-electron chi connectivity index (χ4n) is 2.75. The van der Waals surface area contributed by atoms with Crippen LogP contribution in [0.4, 0.5) is 0 Å². The van der Waals surface area contributed by atoms with E-state index in [2.05, 4.69) is 25.3 Å². The third kappa shape index (κ3) is 3.56. The fourth-order valence-corrected chi connectivity index (χ4v) is 2.75. The van der Waals surface area contributed by atoms with E-state index < -0.39 is 11.4 Å². The highest BCUT2D eigenvalue weighted by atomic mass is 16.4. The second kappa shape index (κ2) is 6.20. The first-order valence-electron chi connectivity index (χ1n) is 6.66. The van der Waals surface area contributed by atoms with Gasteiger partial charge in [-0.05, 0) is 32.2 Å². The second-order valence-corrected chi connectivity index (χ2v) is 5.25. The Labute approximate surface area is 105 Å². The Morgan fingerprint density at radius 1 is 1.47 bits per heavy atom. The van der Waals surface area contributed by atoms with Crippen LogP contribution in [-0.2, 0) is 4.79 Å². The van der Waals surface area contributed by atoms with Crippen LogP contribution in [-0.4, -0.2) is 35.6 Å². The van der Waals surface area contributed by atoms with E-state index in [1.807, 2.05) is 0 Å². The van der Waals surface area contributed by atoms with Gasteiger partial charge in [0, 0.05) is 13.1 Å². The summed E-state index contributed by atoms with van der Waals surface area (Å²) in [6.07, 6.45) is 4.52. The first-order chi connectivity index (χ1) is 8.04. The van der Waals surface area contributed by atoms with Crippen LogP contribution in [0, 0.1) is 5.41 Å². The molecule has 0 amide bonds. The quantitative estimate of drug-likeness (QED) is 0.724. The molecule has 1 saturated heterocycles. The molecule has 0 aromatic heterocycles. The summed E-state index contributed by atoms with van der Waals surface area (Å²) in [5.74, 6) is -0.619. The maximum Gasteiger partial charge on any atom is 0.310 e. The van der Waals surface area contributed by atoms with Crippen molar-refractivity contribution in [1.82, 2.24) is 4.90 Å². The minimum absolute atomic E-state index is 0.513. The standard InChI is InChI=1S/C14H25NO2/c1-4-7-14(13(16)17)8-6-9-15(11-14)10-12(3)5-2/h3-11H2,1-2H3,(H,16,17). The third-order valence-electron chi connectivity index (χ3n) is 3.79. The average molecular weight is 239 g/mol. The number of hydrogen-bond acceptors (Lipinski definition) is 2. The summed E-state index contributed by atoms with van der Waals surface area (Å²) in [5, 5.41) is 9.48. The van der Waals surface area contributed by atoms with Crippen LogP contribution in [0.2, 0.25) is 0 Å². The Morgan fingerprint density at radius 2 is 2.18 bits per heavy atom. The Hall–Kier alpha value is -0.830. The molecular formula is C14H25NO2. The molecule has 1 unspecified atom stereocenters. The number of piperidine rings is 1. The Morgan fingerprint density at radius 3 is 2.71 bits per heavy atom. The first kappa shape index (κ1) is 14.2. The van der Waals surface area contributed by atoms with Crippen LogP contribution in [0.15, 0.2) is 12.2 Å². The van der Waals surface area contributed by atoms with Gasteiger partial charge in [0.2, 0.25) is 0 Å². The van der Waals surface area contributed by atoms with Gasteiger partial charge in [-0.3, -0.25) is 9.69 Å². The van der Waals surface area contributed by atoms with E-state index in [-0.39, 0.29) is 0 Å². The minimum Gasteiger partial charge on any atom is -0.481 e. The molecule has 3 heteroatoms. The van der Waals surface area contributed by atoms with Gasteiger partial charge in [0.25, 0.3) is 0 Å². The molecule has 0 spiro atoms. The predicted molar refractivity (Wildman–Crippen MR) is 70.1 cm³/mol. The van der Waals surface area contributed by atoms with E-state index in [0.717, 1.165) is 45.2 Å². The maximum absolute atomic E-state index is 11.5. The number of nitrogens with zero attached hydrogens (tertiary/aromatic N) is 1. The van der Waals surface area contributed by atoms with Crippen molar-refractivity contribution in [3.63, 3.8) is 0 Å². The number of likely N-dealkylation sites (tertiary alicyclic amines) is 1. The SMILES string of the molecule is C=C(CC)CN1CCCC(CCC)(C(=O)O)C1. The van der Waals surface area contributed by atoms with E-state index in [0.29, 0.717) is 6.54 Å². The number of aliphatic carboxylic acids is 1. The molecule has 0 aromatic rings. The van der Waals surface area contributed by atoms with Gasteiger partial charge < -0.3 is 5.11 Å². The molecular weight excluding hydrogens is 214 g/mol. The van der Waals surface area contributed by atoms with Gasteiger partial charge >= 0.3 is 5.97 Å². The Balaban J connectivity index is 2.68. The van der Waals surface area contributed by atoms with Crippen molar-refractivity contribution >= 4 is 5.97 Å². The van der Waals surface area contributed by atoms with Crippen molar-refractivity contribution in [1.29, 1.82) is 0 Å². The smallest absolute Gasteiger partial charge is 0.310 e. The molecule has 1 aliphatic rings. The van der Waals surface area contributed by atoms with Crippen molar-refractivity contribution in [3.8, 4) is 0 Å². The topological polar surface area (TPSA) is 40.5 Å². The predicted octanol–water partition coefficient (Wildman–Crippen LogP) is 2.92. The van der Waals surface area contributed by atoms with Gasteiger partial charge in [-0.15, -0.1) is 0 Å². The summed E-state index contributed by atoms with van der Waals surface area (Å²) in [6.45, 7) is 10.7. The molecule has 17 heavy (non-hydrogen) atoms. The molecule has 1 atom stereocenters. The molecule has 1 N–H and O–H groups in total. The minimum atomic E-state index is -0.619. The zero-order chi connectivity index (χ0) is 12.9. The van der Waals surface area contributed by atoms with Crippen molar-refractivity contribution < 1.29 is 9.90 Å². The summed E-state index contributed by atoms with van der Waals surface area (Å²) in [4.78, 5) is 13.8. The van der Waals surface area contributed by atoms with Gasteiger partial charge in [-0.25, -0.2) is 0 Å². The maximum atomic E-state index is 11.5. The first-order valence-corrected chi connectivity index (χ1v) is 6.66. The van der Waals surface area contributed by atoms with Gasteiger partial charge in [-0.1, -0.05) is 32.4 Å². The van der Waals surface area contributed by atoms with Crippen LogP contribution in [0.1, 0.15) is 46.0 Å². The molecule has 0 radical (unpaired) electrons. The molecule has 98 valence electrons. The average Bonchev–Trinajstić information content (AvgIpc) is 2.29. The van der Waals surface area contributed by atoms with Crippen molar-refractivity contribution in [3.05, 3.63) is 12.2 Å². The van der Waals surface area contributed by atoms with Crippen LogP contribution in [0.5, 0.6) is 0 Å². The molecule has 0 saturated carbocycles. The third-order valence-corrected chi connectivity index (χ3v) is 3.79. The zero-order valence-corrected chi connectivity index (χ0v) is 11.2. The molecule has 0 aromatic carbocycles. The monoisotopic (exact) mass is 239 g/mol. The highest BCUT2D eigenvalue weighted by molar-refractivity contribution is 5.75. The lowest BCUT2D eigenvalue weighted by Crippen LogP contribution is -2.48. The number of carbonyl (C=O) groups is 1. The normalized spacial score (nSPS) is 25.8. The van der Waals surface area contributed by atoms with E-state index >= 15 is 0 Å². The molecule has 0 bridgehead atoms. The lowest BCUT2D eigenvalue weighted by Gasteiger charge is -2.40. The van der Waals surface area contributed by atoms with Gasteiger partial charge in [0.05, 0.1) is 5.41 Å². The Bertz CT molecular complexity index is 284. The Kier molecular flexibility index (Phi) is 5.19. The van der Waals surface area contributed by atoms with Crippen molar-refractivity contribution in [2.75, 3.05) is 19.6 Å². The largest absolute Gasteiger partial charge is 0.481 e. The van der Waals surface area contributed by atoms with Crippen LogP contribution >= 0.6 is 0 Å². The van der Waals surface area contributed by atoms with E-state index in [9.17, 15) is 9.90 Å². The van der Waals surface area contributed by atoms with Gasteiger partial charge in [0.1, 0.15) is 0 Å². The van der Waals surface area contributed by atoms with Crippen molar-refractivity contribution in [2.24, 2.45) is 5.41 Å². The summed E-state index contributed by atoms with van der Waals surface area (Å²) < 4.78 is 0. The molecule has 1 rings (SSSR count). The number of hydrogen-bond donors (Lipinski definition) is 1. The summed E-state index contributed by atoms with van der Waals surface area (Å²) in [7, 11) is 0. The van der Waals surface area contributed by atoms with Crippen LogP contribution < -0.4 is 0 Å². The number of carboxylic acids is 1. The molecule has 0 aliphatic carbocycles. The second-order valence-electron chi connectivity index (χ2n) is 5.25. The molecule has 3 nitrogen and oxygen atoms in total. The van der Waals surface area contributed by atoms with Gasteiger partial charge in [0.15, 0.2) is 0 Å². The fraction of sp³-hybridized carbons (Fsp3) is 0.786. The zero-order valence-electron chi connectivity index (χ0n) is 11.2. The summed E-state index contributed by atoms with van der Waals surface area (Å²) in [6, 6.07) is 0. The number of rotatable bonds is 6. The van der Waals surface area contributed by atoms with E-state index in [1.54, 1.807) is 0 Å². The van der Waals surface area contributed by atoms with E-state index in [4.69, 9.17) is 0 Å². The molecule has 1 fully saturated rings. The highest BCUT2D eigenvalue weighted by Crippen LogP contribution is 2.35. The highest BCUT2D eigenvalue weighted by Gasteiger charge is 2.41. The van der Waals surface area contributed by atoms with Crippen molar-refractivity contribution in [2.45, 2.75) is 46.0 Å². The van der Waals surface area contributed by atoms with Gasteiger partial charge in [-0.2, -0.15) is 0 Å². The molecule has 1 heterocycles. The van der Waals surface area contributed by atoms with Crippen LogP contribution in [0.25, 0.3) is 0 Å². The lowest BCUT2D eigenvalue weighted by atomic mass is 9.76. The number of carboxylic acid groups (broad SMARTS) is 1. The van der Waals surface area contributed by atoms with Crippen LogP contribution in [0.3, 0.4) is 0 Å². The van der Waals surface area contributed by atoms with E-state index in [1.165, 1.54) is 5.57 Å². The lowest BCUT2D eigenvalue weighted by molar-refractivity contribution is -0.153. The summed E-state index contributed by atoms with van der Waals surface area (Å²) >= 11 is 0. The molecule has 1 aliphatic heterocycles. The summed E-state index contributed by atoms with van der Waals surface area (Å²) in [5.41, 5.74) is 0.684.